The molecule has 1 aliphatic rings. The lowest BCUT2D eigenvalue weighted by Gasteiger charge is -2.09. The molecule has 7 heteroatoms. The molecule has 1 aliphatic heterocycles. The van der Waals surface area contributed by atoms with E-state index in [2.05, 4.69) is 0 Å². The molecule has 1 fully saturated rings. The molecular formula is C20H27NO6. The molecule has 0 radical (unpaired) electrons. The van der Waals surface area contributed by atoms with Gasteiger partial charge in [0.15, 0.2) is 0 Å². The Hall–Kier alpha value is -2.51. The first-order chi connectivity index (χ1) is 12.6. The molecule has 7 nitrogen and oxygen atoms in total. The molecule has 1 rings (SSSR count). The summed E-state index contributed by atoms with van der Waals surface area (Å²) >= 11 is 0. The maximum Gasteiger partial charge on any atom is 0.335 e. The van der Waals surface area contributed by atoms with Gasteiger partial charge in [-0.05, 0) is 52.2 Å². The summed E-state index contributed by atoms with van der Waals surface area (Å²) in [5.74, 6) is -2.41. The molecule has 3 atom stereocenters. The van der Waals surface area contributed by atoms with Crippen molar-refractivity contribution in [3.63, 3.8) is 0 Å². The number of carbonyl (C=O) groups is 3. The first-order valence-corrected chi connectivity index (χ1v) is 8.69. The van der Waals surface area contributed by atoms with E-state index in [0.717, 1.165) is 5.57 Å². The van der Waals surface area contributed by atoms with Gasteiger partial charge >= 0.3 is 5.97 Å². The summed E-state index contributed by atoms with van der Waals surface area (Å²) in [6.45, 7) is 6.47. The van der Waals surface area contributed by atoms with Crippen LogP contribution < -0.4 is 5.73 Å². The highest BCUT2D eigenvalue weighted by Crippen LogP contribution is 2.41. The van der Waals surface area contributed by atoms with Crippen LogP contribution in [0.15, 0.2) is 47.1 Å². The second kappa shape index (κ2) is 9.43. The number of hydrogen-bond donors (Lipinski definition) is 3. The Morgan fingerprint density at radius 3 is 2.33 bits per heavy atom. The normalized spacial score (nSPS) is 24.8. The smallest absolute Gasteiger partial charge is 0.335 e. The van der Waals surface area contributed by atoms with Crippen LogP contribution in [0, 0.1) is 0 Å². The number of unbranched alkanes of at least 4 members (excludes halogenated alkanes) is 1. The number of rotatable bonds is 10. The number of carbonyl (C=O) groups excluding carboxylic acids is 2. The van der Waals surface area contributed by atoms with Gasteiger partial charge in [-0.15, -0.1) is 0 Å². The van der Waals surface area contributed by atoms with Crippen molar-refractivity contribution in [2.75, 3.05) is 0 Å². The zero-order valence-corrected chi connectivity index (χ0v) is 16.1. The number of aliphatic carboxylic acids is 1. The highest BCUT2D eigenvalue weighted by Gasteiger charge is 2.69. The lowest BCUT2D eigenvalue weighted by molar-refractivity contribution is -0.133. The van der Waals surface area contributed by atoms with Crippen LogP contribution in [0.25, 0.3) is 0 Å². The van der Waals surface area contributed by atoms with E-state index < -0.39 is 35.5 Å². The Labute approximate surface area is 158 Å². The number of primary amides is 1. The van der Waals surface area contributed by atoms with Gasteiger partial charge in [0.25, 0.3) is 5.91 Å². The SMILES string of the molecule is CC=C(C=C(C)C=CCCC=C(C)C(=O)C1(C(N)=O)OC1C(C)O)C(=O)O. The van der Waals surface area contributed by atoms with Crippen LogP contribution in [0.3, 0.4) is 0 Å². The second-order valence-corrected chi connectivity index (χ2v) is 6.51. The van der Waals surface area contributed by atoms with Crippen molar-refractivity contribution < 1.29 is 29.3 Å². The predicted molar refractivity (Wildman–Crippen MR) is 101 cm³/mol. The van der Waals surface area contributed by atoms with Gasteiger partial charge in [0, 0.05) is 0 Å². The third-order valence-electron chi connectivity index (χ3n) is 4.26. The van der Waals surface area contributed by atoms with Gasteiger partial charge < -0.3 is 20.7 Å². The van der Waals surface area contributed by atoms with Crippen molar-refractivity contribution in [1.29, 1.82) is 0 Å². The number of amides is 1. The van der Waals surface area contributed by atoms with E-state index in [1.54, 1.807) is 39.0 Å². The van der Waals surface area contributed by atoms with Gasteiger partial charge in [0.1, 0.15) is 6.10 Å². The van der Waals surface area contributed by atoms with E-state index in [4.69, 9.17) is 15.6 Å². The summed E-state index contributed by atoms with van der Waals surface area (Å²) in [6.07, 6.45) is 7.73. The van der Waals surface area contributed by atoms with Crippen molar-refractivity contribution in [1.82, 2.24) is 0 Å². The number of carboxylic acids is 1. The van der Waals surface area contributed by atoms with Gasteiger partial charge in [-0.2, -0.15) is 0 Å². The number of Topliss-reactive ketones (excluding diaryl/α,β-unsaturated/α-hetero) is 1. The van der Waals surface area contributed by atoms with Crippen molar-refractivity contribution >= 4 is 17.7 Å². The number of aliphatic hydroxyl groups excluding tert-OH is 1. The number of aliphatic hydroxyl groups is 1. The molecule has 1 saturated heterocycles. The van der Waals surface area contributed by atoms with Crippen molar-refractivity contribution in [2.45, 2.75) is 58.3 Å². The van der Waals surface area contributed by atoms with Gasteiger partial charge in [-0.25, -0.2) is 4.79 Å². The molecule has 1 amide bonds. The van der Waals surface area contributed by atoms with Crippen molar-refractivity contribution in [3.05, 3.63) is 47.1 Å². The quantitative estimate of drug-likeness (QED) is 0.175. The highest BCUT2D eigenvalue weighted by molar-refractivity contribution is 6.19. The standard InChI is InChI=1S/C20H27NO6/c1-5-15(18(24)25)11-12(2)9-7-6-8-10-13(3)16(23)20(19(21)26)17(27-20)14(4)22/h5,7,9-11,14,17,22H,6,8H2,1-4H3,(H2,21,26)(H,24,25). The summed E-state index contributed by atoms with van der Waals surface area (Å²) in [5, 5.41) is 18.5. The van der Waals surface area contributed by atoms with Crippen molar-refractivity contribution in [3.8, 4) is 0 Å². The molecule has 27 heavy (non-hydrogen) atoms. The fraction of sp³-hybridized carbons (Fsp3) is 0.450. The van der Waals surface area contributed by atoms with Gasteiger partial charge in [0.2, 0.25) is 11.4 Å². The van der Waals surface area contributed by atoms with Crippen LogP contribution in [0.1, 0.15) is 40.5 Å². The first-order valence-electron chi connectivity index (χ1n) is 8.69. The van der Waals surface area contributed by atoms with Gasteiger partial charge in [-0.3, -0.25) is 9.59 Å². The number of carboxylic acid groups (broad SMARTS) is 1. The van der Waals surface area contributed by atoms with Crippen LogP contribution >= 0.6 is 0 Å². The third-order valence-corrected chi connectivity index (χ3v) is 4.26. The molecule has 0 saturated carbocycles. The average molecular weight is 377 g/mol. The minimum Gasteiger partial charge on any atom is -0.478 e. The fourth-order valence-electron chi connectivity index (χ4n) is 2.71. The molecule has 0 aromatic rings. The van der Waals surface area contributed by atoms with Crippen LogP contribution in [0.4, 0.5) is 0 Å². The molecule has 0 aliphatic carbocycles. The maximum atomic E-state index is 12.5. The van der Waals surface area contributed by atoms with Crippen LogP contribution in [0.5, 0.6) is 0 Å². The van der Waals surface area contributed by atoms with Gasteiger partial charge in [0.05, 0.1) is 11.7 Å². The van der Waals surface area contributed by atoms with Crippen LogP contribution in [-0.2, 0) is 19.1 Å². The number of hydrogen-bond acceptors (Lipinski definition) is 5. The average Bonchev–Trinajstić information content (AvgIpc) is 3.35. The monoisotopic (exact) mass is 377 g/mol. The third kappa shape index (κ3) is 5.48. The largest absolute Gasteiger partial charge is 0.478 e. The topological polar surface area (TPSA) is 130 Å². The number of ether oxygens (including phenoxy) is 1. The Kier molecular flexibility index (Phi) is 7.87. The number of epoxide rings is 1. The summed E-state index contributed by atoms with van der Waals surface area (Å²) in [5.41, 5.74) is 4.89. The van der Waals surface area contributed by atoms with E-state index in [0.29, 0.717) is 18.4 Å². The maximum absolute atomic E-state index is 12.5. The molecule has 3 unspecified atom stereocenters. The summed E-state index contributed by atoms with van der Waals surface area (Å²) < 4.78 is 5.15. The minimum absolute atomic E-state index is 0.215. The fourth-order valence-corrected chi connectivity index (χ4v) is 2.71. The van der Waals surface area contributed by atoms with E-state index >= 15 is 0 Å². The van der Waals surface area contributed by atoms with E-state index in [1.165, 1.54) is 13.0 Å². The lowest BCUT2D eigenvalue weighted by Crippen LogP contribution is -2.44. The molecule has 1 heterocycles. The molecule has 0 bridgehead atoms. The molecule has 0 aromatic heterocycles. The van der Waals surface area contributed by atoms with Crippen LogP contribution in [0.2, 0.25) is 0 Å². The Morgan fingerprint density at radius 2 is 1.89 bits per heavy atom. The second-order valence-electron chi connectivity index (χ2n) is 6.51. The molecule has 0 aromatic carbocycles. The summed E-state index contributed by atoms with van der Waals surface area (Å²) in [6, 6.07) is 0. The van der Waals surface area contributed by atoms with E-state index in [1.807, 2.05) is 6.08 Å². The summed E-state index contributed by atoms with van der Waals surface area (Å²) in [7, 11) is 0. The Balaban J connectivity index is 2.65. The number of nitrogens with two attached hydrogens (primary N) is 1. The minimum atomic E-state index is -1.76. The Morgan fingerprint density at radius 1 is 1.26 bits per heavy atom. The number of allylic oxidation sites excluding steroid dienone is 5. The molecule has 148 valence electrons. The van der Waals surface area contributed by atoms with Crippen LogP contribution in [-0.4, -0.2) is 45.7 Å². The lowest BCUT2D eigenvalue weighted by atomic mass is 9.91. The van der Waals surface area contributed by atoms with Gasteiger partial charge in [-0.1, -0.05) is 29.9 Å². The van der Waals surface area contributed by atoms with E-state index in [9.17, 15) is 19.5 Å². The molecular weight excluding hydrogens is 350 g/mol. The highest BCUT2D eigenvalue weighted by atomic mass is 16.6. The Bertz CT molecular complexity index is 729. The van der Waals surface area contributed by atoms with E-state index in [-0.39, 0.29) is 5.57 Å². The summed E-state index contributed by atoms with van der Waals surface area (Å²) in [4.78, 5) is 35.1. The zero-order valence-electron chi connectivity index (χ0n) is 16.1. The van der Waals surface area contributed by atoms with Crippen molar-refractivity contribution in [2.24, 2.45) is 5.73 Å². The number of ketones is 1. The molecule has 0 spiro atoms. The first kappa shape index (κ1) is 22.5. The zero-order chi connectivity index (χ0) is 20.8. The predicted octanol–water partition coefficient (Wildman–Crippen LogP) is 1.82. The molecule has 4 N–H and O–H groups in total.